The Morgan fingerprint density at radius 1 is 1.12 bits per heavy atom. The maximum Gasteiger partial charge on any atom is 0.328 e. The van der Waals surface area contributed by atoms with Crippen molar-refractivity contribution in [2.45, 2.75) is 51.5 Å². The molecule has 0 amide bonds. The summed E-state index contributed by atoms with van der Waals surface area (Å²) in [7, 11) is 3.24. The first-order chi connectivity index (χ1) is 7.50. The van der Waals surface area contributed by atoms with E-state index in [4.69, 9.17) is 5.11 Å². The second kappa shape index (κ2) is 8.28. The Bertz CT molecular complexity index is 226. The molecule has 0 saturated carbocycles. The summed E-state index contributed by atoms with van der Waals surface area (Å²) in [6.07, 6.45) is 5.67. The van der Waals surface area contributed by atoms with Crippen molar-refractivity contribution in [3.05, 3.63) is 0 Å². The number of nitrogens with zero attached hydrogens (tertiary/aromatic N) is 1. The molecule has 0 bridgehead atoms. The first kappa shape index (κ1) is 15.1. The van der Waals surface area contributed by atoms with Gasteiger partial charge >= 0.3 is 5.97 Å². The SMILES string of the molecule is CCCCCCCC(=O)C(C(=O)O)N(C)C. The van der Waals surface area contributed by atoms with Gasteiger partial charge in [-0.05, 0) is 20.5 Å². The zero-order chi connectivity index (χ0) is 12.6. The second-order valence-electron chi connectivity index (χ2n) is 4.33. The van der Waals surface area contributed by atoms with Crippen LogP contribution in [0.2, 0.25) is 0 Å². The lowest BCUT2D eigenvalue weighted by atomic mass is 10.0. The van der Waals surface area contributed by atoms with E-state index in [1.165, 1.54) is 17.7 Å². The molecule has 0 aliphatic carbocycles. The summed E-state index contributed by atoms with van der Waals surface area (Å²) in [6, 6.07) is -0.980. The number of ketones is 1. The molecule has 0 aliphatic rings. The standard InChI is InChI=1S/C12H23NO3/c1-4-5-6-7-8-9-10(14)11(12(15)16)13(2)3/h11H,4-9H2,1-3H3,(H,15,16). The summed E-state index contributed by atoms with van der Waals surface area (Å²) in [5.41, 5.74) is 0. The molecule has 4 heteroatoms. The lowest BCUT2D eigenvalue weighted by molar-refractivity contribution is -0.146. The molecule has 0 radical (unpaired) electrons. The minimum atomic E-state index is -1.05. The van der Waals surface area contributed by atoms with E-state index in [9.17, 15) is 9.59 Å². The highest BCUT2D eigenvalue weighted by molar-refractivity contribution is 6.02. The summed E-state index contributed by atoms with van der Waals surface area (Å²) < 4.78 is 0. The lowest BCUT2D eigenvalue weighted by Gasteiger charge is -2.18. The Morgan fingerprint density at radius 3 is 2.12 bits per heavy atom. The first-order valence-corrected chi connectivity index (χ1v) is 5.92. The molecule has 16 heavy (non-hydrogen) atoms. The van der Waals surface area contributed by atoms with Gasteiger partial charge in [0, 0.05) is 6.42 Å². The molecule has 0 saturated heterocycles. The predicted octanol–water partition coefficient (Wildman–Crippen LogP) is 1.93. The maximum atomic E-state index is 11.6. The summed E-state index contributed by atoms with van der Waals surface area (Å²) >= 11 is 0. The summed E-state index contributed by atoms with van der Waals surface area (Å²) in [5.74, 6) is -1.24. The number of unbranched alkanes of at least 4 members (excludes halogenated alkanes) is 4. The molecule has 94 valence electrons. The van der Waals surface area contributed by atoms with E-state index in [0.29, 0.717) is 6.42 Å². The van der Waals surface area contributed by atoms with E-state index in [2.05, 4.69) is 6.92 Å². The van der Waals surface area contributed by atoms with Gasteiger partial charge in [-0.3, -0.25) is 14.5 Å². The topological polar surface area (TPSA) is 57.6 Å². The number of carboxylic acid groups (broad SMARTS) is 1. The molecule has 0 spiro atoms. The summed E-state index contributed by atoms with van der Waals surface area (Å²) in [4.78, 5) is 23.9. The molecule has 0 aromatic rings. The molecular weight excluding hydrogens is 206 g/mol. The molecule has 0 aromatic carbocycles. The van der Waals surface area contributed by atoms with Crippen molar-refractivity contribution in [3.8, 4) is 0 Å². The molecule has 0 aromatic heterocycles. The van der Waals surface area contributed by atoms with Crippen molar-refractivity contribution < 1.29 is 14.7 Å². The maximum absolute atomic E-state index is 11.6. The Balaban J connectivity index is 3.89. The molecular formula is C12H23NO3. The van der Waals surface area contributed by atoms with Crippen molar-refractivity contribution in [2.75, 3.05) is 14.1 Å². The third-order valence-electron chi connectivity index (χ3n) is 2.58. The first-order valence-electron chi connectivity index (χ1n) is 5.92. The van der Waals surface area contributed by atoms with Crippen LogP contribution in [0, 0.1) is 0 Å². The Labute approximate surface area is 97.6 Å². The van der Waals surface area contributed by atoms with Crippen molar-refractivity contribution >= 4 is 11.8 Å². The predicted molar refractivity (Wildman–Crippen MR) is 63.5 cm³/mol. The van der Waals surface area contributed by atoms with Crippen LogP contribution < -0.4 is 0 Å². The van der Waals surface area contributed by atoms with E-state index in [0.717, 1.165) is 19.3 Å². The normalized spacial score (nSPS) is 12.8. The molecule has 1 unspecified atom stereocenters. The molecule has 0 heterocycles. The minimum Gasteiger partial charge on any atom is -0.480 e. The number of likely N-dealkylation sites (N-methyl/N-ethyl adjacent to an activating group) is 1. The van der Waals surface area contributed by atoms with Gasteiger partial charge in [0.1, 0.15) is 0 Å². The van der Waals surface area contributed by atoms with Gasteiger partial charge in [-0.1, -0.05) is 32.6 Å². The van der Waals surface area contributed by atoms with Gasteiger partial charge in [-0.25, -0.2) is 0 Å². The van der Waals surface area contributed by atoms with Crippen LogP contribution in [0.25, 0.3) is 0 Å². The monoisotopic (exact) mass is 229 g/mol. The number of carboxylic acids is 1. The number of aliphatic carboxylic acids is 1. The van der Waals surface area contributed by atoms with Gasteiger partial charge < -0.3 is 5.11 Å². The average Bonchev–Trinajstić information content (AvgIpc) is 2.16. The molecule has 4 nitrogen and oxygen atoms in total. The van der Waals surface area contributed by atoms with Crippen molar-refractivity contribution in [1.29, 1.82) is 0 Å². The number of hydrogen-bond donors (Lipinski definition) is 1. The van der Waals surface area contributed by atoms with Crippen LogP contribution in [0.3, 0.4) is 0 Å². The Kier molecular flexibility index (Phi) is 7.81. The van der Waals surface area contributed by atoms with Crippen LogP contribution in [0.15, 0.2) is 0 Å². The molecule has 1 atom stereocenters. The number of hydrogen-bond acceptors (Lipinski definition) is 3. The number of carbonyl (C=O) groups excluding carboxylic acids is 1. The fraction of sp³-hybridized carbons (Fsp3) is 0.833. The van der Waals surface area contributed by atoms with Crippen LogP contribution in [0.5, 0.6) is 0 Å². The van der Waals surface area contributed by atoms with E-state index < -0.39 is 12.0 Å². The van der Waals surface area contributed by atoms with Crippen LogP contribution in [0.1, 0.15) is 45.4 Å². The lowest BCUT2D eigenvalue weighted by Crippen LogP contribution is -2.42. The zero-order valence-corrected chi connectivity index (χ0v) is 10.5. The minimum absolute atomic E-state index is 0.186. The third-order valence-corrected chi connectivity index (χ3v) is 2.58. The quantitative estimate of drug-likeness (QED) is 0.485. The van der Waals surface area contributed by atoms with Gasteiger partial charge in [0.25, 0.3) is 0 Å². The highest BCUT2D eigenvalue weighted by Gasteiger charge is 2.27. The molecule has 0 rings (SSSR count). The highest BCUT2D eigenvalue weighted by atomic mass is 16.4. The fourth-order valence-corrected chi connectivity index (χ4v) is 1.69. The van der Waals surface area contributed by atoms with Gasteiger partial charge in [-0.15, -0.1) is 0 Å². The van der Waals surface area contributed by atoms with Gasteiger partial charge in [0.2, 0.25) is 0 Å². The smallest absolute Gasteiger partial charge is 0.328 e. The molecule has 1 N–H and O–H groups in total. The van der Waals surface area contributed by atoms with Crippen molar-refractivity contribution in [2.24, 2.45) is 0 Å². The van der Waals surface area contributed by atoms with E-state index >= 15 is 0 Å². The summed E-state index contributed by atoms with van der Waals surface area (Å²) in [6.45, 7) is 2.14. The van der Waals surface area contributed by atoms with Crippen LogP contribution in [-0.4, -0.2) is 41.9 Å². The molecule has 0 aliphatic heterocycles. The fourth-order valence-electron chi connectivity index (χ4n) is 1.69. The summed E-state index contributed by atoms with van der Waals surface area (Å²) in [5, 5.41) is 8.89. The number of rotatable bonds is 9. The highest BCUT2D eigenvalue weighted by Crippen LogP contribution is 2.08. The van der Waals surface area contributed by atoms with E-state index in [1.807, 2.05) is 0 Å². The van der Waals surface area contributed by atoms with Gasteiger partial charge in [-0.2, -0.15) is 0 Å². The Morgan fingerprint density at radius 2 is 1.69 bits per heavy atom. The Hall–Kier alpha value is -0.900. The van der Waals surface area contributed by atoms with Crippen LogP contribution in [0.4, 0.5) is 0 Å². The van der Waals surface area contributed by atoms with Crippen LogP contribution in [-0.2, 0) is 9.59 Å². The average molecular weight is 229 g/mol. The largest absolute Gasteiger partial charge is 0.480 e. The van der Waals surface area contributed by atoms with E-state index in [1.54, 1.807) is 14.1 Å². The van der Waals surface area contributed by atoms with Crippen molar-refractivity contribution in [3.63, 3.8) is 0 Å². The van der Waals surface area contributed by atoms with Crippen molar-refractivity contribution in [1.82, 2.24) is 4.90 Å². The van der Waals surface area contributed by atoms with Gasteiger partial charge in [0.15, 0.2) is 11.8 Å². The van der Waals surface area contributed by atoms with E-state index in [-0.39, 0.29) is 5.78 Å². The zero-order valence-electron chi connectivity index (χ0n) is 10.5. The number of Topliss-reactive ketones (excluding diaryl/α,β-unsaturated/α-hetero) is 1. The van der Waals surface area contributed by atoms with Crippen LogP contribution >= 0.6 is 0 Å². The van der Waals surface area contributed by atoms with Gasteiger partial charge in [0.05, 0.1) is 0 Å². The number of carbonyl (C=O) groups is 2. The second-order valence-corrected chi connectivity index (χ2v) is 4.33. The molecule has 0 fully saturated rings. The third kappa shape index (κ3) is 5.85.